The van der Waals surface area contributed by atoms with Crippen LogP contribution in [0.25, 0.3) is 0 Å². The zero-order valence-electron chi connectivity index (χ0n) is 11.3. The van der Waals surface area contributed by atoms with E-state index in [1.165, 1.54) is 16.0 Å². The quantitative estimate of drug-likeness (QED) is 0.593. The minimum atomic E-state index is 0.285. The average Bonchev–Trinajstić information content (AvgIpc) is 2.72. The number of likely N-dealkylation sites (N-methyl/N-ethyl adjacent to an activating group) is 1. The normalized spacial score (nSPS) is 12.7. The van der Waals surface area contributed by atoms with E-state index in [1.807, 2.05) is 6.07 Å². The van der Waals surface area contributed by atoms with Crippen LogP contribution in [0.15, 0.2) is 32.5 Å². The maximum absolute atomic E-state index is 6.35. The lowest BCUT2D eigenvalue weighted by atomic mass is 10.0. The van der Waals surface area contributed by atoms with Crippen molar-refractivity contribution in [2.75, 3.05) is 6.54 Å². The molecule has 1 nitrogen and oxygen atoms in total. The van der Waals surface area contributed by atoms with Gasteiger partial charge in [0.05, 0.1) is 3.79 Å². The van der Waals surface area contributed by atoms with Crippen molar-refractivity contribution in [2.45, 2.75) is 26.3 Å². The number of hydrogen-bond donors (Lipinski definition) is 1. The molecule has 20 heavy (non-hydrogen) atoms. The summed E-state index contributed by atoms with van der Waals surface area (Å²) in [4.78, 5) is 1.31. The third-order valence-electron chi connectivity index (χ3n) is 3.09. The molecule has 0 aliphatic heterocycles. The zero-order valence-corrected chi connectivity index (χ0v) is 16.1. The summed E-state index contributed by atoms with van der Waals surface area (Å²) >= 11 is 15.2. The molecule has 1 N–H and O–H groups in total. The number of rotatable bonds is 5. The summed E-state index contributed by atoms with van der Waals surface area (Å²) in [6.45, 7) is 5.12. The second-order valence-electron chi connectivity index (χ2n) is 4.68. The van der Waals surface area contributed by atoms with E-state index in [-0.39, 0.29) is 6.04 Å². The first kappa shape index (κ1) is 16.5. The van der Waals surface area contributed by atoms with Crippen molar-refractivity contribution in [1.29, 1.82) is 0 Å². The van der Waals surface area contributed by atoms with E-state index in [2.05, 4.69) is 69.2 Å². The number of halogens is 3. The fourth-order valence-electron chi connectivity index (χ4n) is 2.09. The molecule has 1 heterocycles. The first-order valence-corrected chi connectivity index (χ1v) is 9.22. The van der Waals surface area contributed by atoms with Crippen LogP contribution in [-0.2, 0) is 6.42 Å². The summed E-state index contributed by atoms with van der Waals surface area (Å²) < 4.78 is 2.24. The average molecular weight is 438 g/mol. The van der Waals surface area contributed by atoms with Gasteiger partial charge in [-0.1, -0.05) is 30.7 Å². The third kappa shape index (κ3) is 4.08. The molecule has 1 unspecified atom stereocenters. The Bertz CT molecular complexity index is 578. The minimum Gasteiger partial charge on any atom is -0.309 e. The maximum Gasteiger partial charge on any atom is 0.0843 e. The van der Waals surface area contributed by atoms with Crippen LogP contribution in [-0.4, -0.2) is 6.54 Å². The Morgan fingerprint density at radius 2 is 2.05 bits per heavy atom. The van der Waals surface area contributed by atoms with Gasteiger partial charge in [0.2, 0.25) is 0 Å². The van der Waals surface area contributed by atoms with E-state index in [0.717, 1.165) is 26.2 Å². The number of nitrogens with one attached hydrogen (secondary N) is 1. The van der Waals surface area contributed by atoms with Gasteiger partial charge < -0.3 is 5.32 Å². The van der Waals surface area contributed by atoms with Crippen LogP contribution in [0.3, 0.4) is 0 Å². The van der Waals surface area contributed by atoms with E-state index < -0.39 is 0 Å². The molecule has 0 fully saturated rings. The molecule has 2 rings (SSSR count). The summed E-state index contributed by atoms with van der Waals surface area (Å²) in [6, 6.07) is 8.72. The van der Waals surface area contributed by atoms with Gasteiger partial charge in [0.25, 0.3) is 0 Å². The van der Waals surface area contributed by atoms with Crippen LogP contribution in [0, 0.1) is 6.92 Å². The minimum absolute atomic E-state index is 0.285. The molecule has 0 spiro atoms. The van der Waals surface area contributed by atoms with Crippen LogP contribution in [0.2, 0.25) is 5.02 Å². The number of benzene rings is 1. The van der Waals surface area contributed by atoms with Gasteiger partial charge >= 0.3 is 0 Å². The summed E-state index contributed by atoms with van der Waals surface area (Å²) in [5.74, 6) is 0. The van der Waals surface area contributed by atoms with Crippen molar-refractivity contribution in [1.82, 2.24) is 5.32 Å². The van der Waals surface area contributed by atoms with Crippen molar-refractivity contribution in [3.63, 3.8) is 0 Å². The molecule has 0 bridgehead atoms. The first-order valence-electron chi connectivity index (χ1n) is 6.44. The van der Waals surface area contributed by atoms with Gasteiger partial charge in [0, 0.05) is 20.4 Å². The Morgan fingerprint density at radius 1 is 1.30 bits per heavy atom. The third-order valence-corrected chi connectivity index (χ3v) is 6.81. The topological polar surface area (TPSA) is 12.0 Å². The highest BCUT2D eigenvalue weighted by molar-refractivity contribution is 9.13. The second kappa shape index (κ2) is 7.41. The van der Waals surface area contributed by atoms with E-state index in [9.17, 15) is 0 Å². The molecule has 1 aromatic carbocycles. The number of thiophene rings is 1. The van der Waals surface area contributed by atoms with Gasteiger partial charge in [-0.15, -0.1) is 11.3 Å². The Morgan fingerprint density at radius 3 is 2.60 bits per heavy atom. The Balaban J connectivity index is 2.25. The second-order valence-corrected chi connectivity index (χ2v) is 8.34. The first-order chi connectivity index (χ1) is 9.51. The molecule has 0 amide bonds. The lowest BCUT2D eigenvalue weighted by Crippen LogP contribution is -2.22. The highest BCUT2D eigenvalue weighted by atomic mass is 79.9. The monoisotopic (exact) mass is 435 g/mol. The smallest absolute Gasteiger partial charge is 0.0843 e. The lowest BCUT2D eigenvalue weighted by molar-refractivity contribution is 0.558. The fraction of sp³-hybridized carbons (Fsp3) is 0.333. The highest BCUT2D eigenvalue weighted by Gasteiger charge is 2.17. The molecule has 5 heteroatoms. The predicted molar refractivity (Wildman–Crippen MR) is 96.0 cm³/mol. The Kier molecular flexibility index (Phi) is 6.11. The van der Waals surface area contributed by atoms with Gasteiger partial charge in [-0.3, -0.25) is 0 Å². The van der Waals surface area contributed by atoms with Crippen molar-refractivity contribution in [2.24, 2.45) is 0 Å². The van der Waals surface area contributed by atoms with Crippen molar-refractivity contribution >= 4 is 54.8 Å². The molecule has 0 saturated heterocycles. The van der Waals surface area contributed by atoms with Crippen LogP contribution in [0.5, 0.6) is 0 Å². The summed E-state index contributed by atoms with van der Waals surface area (Å²) in [7, 11) is 0. The van der Waals surface area contributed by atoms with Gasteiger partial charge in [-0.2, -0.15) is 0 Å². The Hall–Kier alpha value is 0.130. The van der Waals surface area contributed by atoms with E-state index in [0.29, 0.717) is 0 Å². The lowest BCUT2D eigenvalue weighted by Gasteiger charge is -2.17. The molecule has 0 saturated carbocycles. The molecule has 0 radical (unpaired) electrons. The fourth-order valence-corrected chi connectivity index (χ4v) is 4.57. The van der Waals surface area contributed by atoms with Gasteiger partial charge in [0.15, 0.2) is 0 Å². The molecule has 108 valence electrons. The van der Waals surface area contributed by atoms with Crippen LogP contribution in [0.1, 0.15) is 29.0 Å². The van der Waals surface area contributed by atoms with E-state index >= 15 is 0 Å². The van der Waals surface area contributed by atoms with E-state index in [4.69, 9.17) is 11.6 Å². The SMILES string of the molecule is CCNC(Cc1ccc(C)cc1Cl)c1cc(Br)c(Br)s1. The molecule has 0 aliphatic rings. The van der Waals surface area contributed by atoms with Crippen LogP contribution in [0.4, 0.5) is 0 Å². The van der Waals surface area contributed by atoms with Crippen molar-refractivity contribution in [3.05, 3.63) is 53.6 Å². The molecule has 1 aromatic heterocycles. The predicted octanol–water partition coefficient (Wildman–Crippen LogP) is 6.13. The largest absolute Gasteiger partial charge is 0.309 e. The molecule has 2 aromatic rings. The Labute approximate surface area is 146 Å². The van der Waals surface area contributed by atoms with Crippen LogP contribution >= 0.6 is 54.8 Å². The number of hydrogen-bond acceptors (Lipinski definition) is 2. The zero-order chi connectivity index (χ0) is 14.7. The summed E-state index contributed by atoms with van der Waals surface area (Å²) in [5.41, 5.74) is 2.38. The van der Waals surface area contributed by atoms with E-state index in [1.54, 1.807) is 11.3 Å². The van der Waals surface area contributed by atoms with Crippen molar-refractivity contribution < 1.29 is 0 Å². The van der Waals surface area contributed by atoms with Gasteiger partial charge in [-0.05, 0) is 75.0 Å². The van der Waals surface area contributed by atoms with Gasteiger partial charge in [0.1, 0.15) is 0 Å². The highest BCUT2D eigenvalue weighted by Crippen LogP contribution is 2.37. The molecular weight excluding hydrogens is 421 g/mol. The molecular formula is C15H16Br2ClNS. The summed E-state index contributed by atoms with van der Waals surface area (Å²) in [5, 5.41) is 4.39. The molecule has 1 atom stereocenters. The van der Waals surface area contributed by atoms with Crippen LogP contribution < -0.4 is 5.32 Å². The molecule has 0 aliphatic carbocycles. The van der Waals surface area contributed by atoms with Crippen molar-refractivity contribution in [3.8, 4) is 0 Å². The van der Waals surface area contributed by atoms with Gasteiger partial charge in [-0.25, -0.2) is 0 Å². The maximum atomic E-state index is 6.35. The number of aryl methyl sites for hydroxylation is 1. The standard InChI is InChI=1S/C15H16Br2ClNS/c1-3-19-13(14-8-11(16)15(17)20-14)7-10-5-4-9(2)6-12(10)18/h4-6,8,13,19H,3,7H2,1-2H3. The summed E-state index contributed by atoms with van der Waals surface area (Å²) in [6.07, 6.45) is 0.895.